The Labute approximate surface area is 68.7 Å². The van der Waals surface area contributed by atoms with Gasteiger partial charge in [-0.25, -0.2) is 0 Å². The van der Waals surface area contributed by atoms with Gasteiger partial charge in [-0.05, 0) is 19.1 Å². The number of rotatable bonds is 0. The topological polar surface area (TPSA) is 26.0 Å². The summed E-state index contributed by atoms with van der Waals surface area (Å²) < 4.78 is 4.92. The summed E-state index contributed by atoms with van der Waals surface area (Å²) >= 11 is 5.74. The first-order valence-electron chi connectivity index (χ1n) is 3.29. The largest absolute Gasteiger partial charge is 0.355 e. The van der Waals surface area contributed by atoms with Crippen molar-refractivity contribution in [3.05, 3.63) is 28.9 Å². The molecule has 3 heteroatoms. The minimum absolute atomic E-state index is 0.434. The van der Waals surface area contributed by atoms with Gasteiger partial charge in [0, 0.05) is 0 Å². The van der Waals surface area contributed by atoms with Crippen LogP contribution >= 0.6 is 11.6 Å². The molecular weight excluding hydrogens is 162 g/mol. The summed E-state index contributed by atoms with van der Waals surface area (Å²) in [6, 6.07) is 5.78. The molecule has 0 unspecified atom stereocenters. The van der Waals surface area contributed by atoms with Crippen LogP contribution in [-0.4, -0.2) is 5.16 Å². The zero-order valence-electron chi connectivity index (χ0n) is 5.97. The van der Waals surface area contributed by atoms with Crippen LogP contribution in [0.1, 0.15) is 5.56 Å². The maximum atomic E-state index is 5.74. The molecule has 0 N–H and O–H groups in total. The molecule has 1 aromatic heterocycles. The van der Waals surface area contributed by atoms with E-state index in [2.05, 4.69) is 5.16 Å². The Kier molecular flexibility index (Phi) is 1.36. The fourth-order valence-electron chi connectivity index (χ4n) is 1.02. The summed E-state index contributed by atoms with van der Waals surface area (Å²) in [5, 5.41) is 4.94. The van der Waals surface area contributed by atoms with Crippen LogP contribution in [0.4, 0.5) is 0 Å². The van der Waals surface area contributed by atoms with Crippen LogP contribution in [0.5, 0.6) is 0 Å². The van der Waals surface area contributed by atoms with Gasteiger partial charge in [0.2, 0.25) is 0 Å². The lowest BCUT2D eigenvalue weighted by Gasteiger charge is -1.88. The van der Waals surface area contributed by atoms with Gasteiger partial charge in [-0.1, -0.05) is 28.4 Å². The van der Waals surface area contributed by atoms with Crippen molar-refractivity contribution in [3.8, 4) is 0 Å². The van der Waals surface area contributed by atoms with Gasteiger partial charge < -0.3 is 4.52 Å². The molecule has 0 fully saturated rings. The Morgan fingerprint density at radius 2 is 2.27 bits per heavy atom. The summed E-state index contributed by atoms with van der Waals surface area (Å²) in [5.41, 5.74) is 1.89. The molecule has 0 saturated heterocycles. The molecule has 0 bridgehead atoms. The predicted molar refractivity (Wildman–Crippen MR) is 43.8 cm³/mol. The molecule has 11 heavy (non-hydrogen) atoms. The summed E-state index contributed by atoms with van der Waals surface area (Å²) in [7, 11) is 0. The highest BCUT2D eigenvalue weighted by atomic mass is 35.5. The third kappa shape index (κ3) is 0.994. The molecule has 0 spiro atoms. The van der Waals surface area contributed by atoms with E-state index in [9.17, 15) is 0 Å². The van der Waals surface area contributed by atoms with E-state index in [4.69, 9.17) is 16.1 Å². The van der Waals surface area contributed by atoms with Crippen molar-refractivity contribution in [2.45, 2.75) is 6.92 Å². The number of aryl methyl sites for hydroxylation is 1. The highest BCUT2D eigenvalue weighted by Crippen LogP contribution is 2.22. The third-order valence-corrected chi connectivity index (χ3v) is 1.85. The Morgan fingerprint density at radius 3 is 3.09 bits per heavy atom. The molecular formula is C8H6ClNO. The van der Waals surface area contributed by atoms with Gasteiger partial charge in [-0.2, -0.15) is 0 Å². The average Bonchev–Trinajstić information content (AvgIpc) is 2.33. The third-order valence-electron chi connectivity index (χ3n) is 1.58. The SMILES string of the molecule is Cc1ccc2onc(Cl)c2c1. The van der Waals surface area contributed by atoms with Gasteiger partial charge in [-0.3, -0.25) is 0 Å². The number of halogens is 1. The summed E-state index contributed by atoms with van der Waals surface area (Å²) in [6.07, 6.45) is 0. The number of benzene rings is 1. The maximum absolute atomic E-state index is 5.74. The molecule has 0 saturated carbocycles. The van der Waals surface area contributed by atoms with E-state index in [1.807, 2.05) is 25.1 Å². The van der Waals surface area contributed by atoms with Gasteiger partial charge >= 0.3 is 0 Å². The average molecular weight is 168 g/mol. The fourth-order valence-corrected chi connectivity index (χ4v) is 1.21. The van der Waals surface area contributed by atoms with Gasteiger partial charge in [-0.15, -0.1) is 0 Å². The van der Waals surface area contributed by atoms with Crippen molar-refractivity contribution < 1.29 is 4.52 Å². The molecule has 1 aromatic carbocycles. The van der Waals surface area contributed by atoms with Crippen molar-refractivity contribution in [3.63, 3.8) is 0 Å². The van der Waals surface area contributed by atoms with E-state index in [1.165, 1.54) is 0 Å². The van der Waals surface area contributed by atoms with Crippen LogP contribution in [-0.2, 0) is 0 Å². The van der Waals surface area contributed by atoms with E-state index in [0.29, 0.717) is 5.15 Å². The van der Waals surface area contributed by atoms with Crippen LogP contribution in [0.2, 0.25) is 5.15 Å². The Morgan fingerprint density at radius 1 is 1.45 bits per heavy atom. The molecule has 0 aliphatic heterocycles. The summed E-state index contributed by atoms with van der Waals surface area (Å²) in [6.45, 7) is 2.00. The summed E-state index contributed by atoms with van der Waals surface area (Å²) in [5.74, 6) is 0. The number of hydrogen-bond donors (Lipinski definition) is 0. The number of nitrogens with zero attached hydrogens (tertiary/aromatic N) is 1. The fraction of sp³-hybridized carbons (Fsp3) is 0.125. The van der Waals surface area contributed by atoms with Crippen LogP contribution in [0.3, 0.4) is 0 Å². The number of hydrogen-bond acceptors (Lipinski definition) is 2. The molecule has 0 aliphatic rings. The highest BCUT2D eigenvalue weighted by Gasteiger charge is 2.03. The highest BCUT2D eigenvalue weighted by molar-refractivity contribution is 6.34. The van der Waals surface area contributed by atoms with Gasteiger partial charge in [0.15, 0.2) is 10.7 Å². The molecule has 0 atom stereocenters. The van der Waals surface area contributed by atoms with E-state index in [-0.39, 0.29) is 0 Å². The number of aromatic nitrogens is 1. The lowest BCUT2D eigenvalue weighted by Crippen LogP contribution is -1.69. The van der Waals surface area contributed by atoms with Crippen LogP contribution < -0.4 is 0 Å². The van der Waals surface area contributed by atoms with E-state index in [1.54, 1.807) is 0 Å². The summed E-state index contributed by atoms with van der Waals surface area (Å²) in [4.78, 5) is 0. The van der Waals surface area contributed by atoms with Crippen LogP contribution in [0.25, 0.3) is 11.0 Å². The minimum atomic E-state index is 0.434. The molecule has 2 nitrogen and oxygen atoms in total. The molecule has 2 aromatic rings. The maximum Gasteiger partial charge on any atom is 0.180 e. The standard InChI is InChI=1S/C8H6ClNO/c1-5-2-3-7-6(4-5)8(9)10-11-7/h2-4H,1H3. The number of fused-ring (bicyclic) bond motifs is 1. The predicted octanol–water partition coefficient (Wildman–Crippen LogP) is 2.79. The first kappa shape index (κ1) is 6.68. The first-order chi connectivity index (χ1) is 5.27. The molecule has 0 radical (unpaired) electrons. The second kappa shape index (κ2) is 2.24. The van der Waals surface area contributed by atoms with Crippen LogP contribution in [0.15, 0.2) is 22.7 Å². The van der Waals surface area contributed by atoms with Crippen molar-refractivity contribution in [2.75, 3.05) is 0 Å². The normalized spacial score (nSPS) is 10.7. The van der Waals surface area contributed by atoms with Gasteiger partial charge in [0.05, 0.1) is 5.39 Å². The zero-order valence-corrected chi connectivity index (χ0v) is 6.72. The van der Waals surface area contributed by atoms with Gasteiger partial charge in [0.1, 0.15) is 0 Å². The van der Waals surface area contributed by atoms with Crippen LogP contribution in [0, 0.1) is 6.92 Å². The monoisotopic (exact) mass is 167 g/mol. The zero-order chi connectivity index (χ0) is 7.84. The first-order valence-corrected chi connectivity index (χ1v) is 3.67. The Bertz CT molecular complexity index is 394. The van der Waals surface area contributed by atoms with Crippen molar-refractivity contribution >= 4 is 22.6 Å². The molecule has 0 aliphatic carbocycles. The molecule has 56 valence electrons. The van der Waals surface area contributed by atoms with Crippen molar-refractivity contribution in [1.29, 1.82) is 0 Å². The smallest absolute Gasteiger partial charge is 0.180 e. The second-order valence-electron chi connectivity index (χ2n) is 2.47. The van der Waals surface area contributed by atoms with Crippen molar-refractivity contribution in [2.24, 2.45) is 0 Å². The Balaban J connectivity index is 2.87. The van der Waals surface area contributed by atoms with E-state index >= 15 is 0 Å². The van der Waals surface area contributed by atoms with E-state index in [0.717, 1.165) is 16.5 Å². The second-order valence-corrected chi connectivity index (χ2v) is 2.83. The minimum Gasteiger partial charge on any atom is -0.355 e. The molecule has 0 amide bonds. The van der Waals surface area contributed by atoms with E-state index < -0.39 is 0 Å². The lowest BCUT2D eigenvalue weighted by molar-refractivity contribution is 0.457. The van der Waals surface area contributed by atoms with Gasteiger partial charge in [0.25, 0.3) is 0 Å². The molecule has 2 rings (SSSR count). The molecule has 1 heterocycles. The Hall–Kier alpha value is -1.02. The lowest BCUT2D eigenvalue weighted by atomic mass is 10.2. The van der Waals surface area contributed by atoms with Crippen molar-refractivity contribution in [1.82, 2.24) is 5.16 Å². The quantitative estimate of drug-likeness (QED) is 0.603.